The van der Waals surface area contributed by atoms with E-state index in [4.69, 9.17) is 51.5 Å². The Kier molecular flexibility index (Phi) is 34.3. The third-order valence-electron chi connectivity index (χ3n) is 13.3. The van der Waals surface area contributed by atoms with E-state index in [0.29, 0.717) is 48.9 Å². The van der Waals surface area contributed by atoms with E-state index >= 15 is 0 Å². The van der Waals surface area contributed by atoms with Gasteiger partial charge >= 0.3 is 12.4 Å². The molecule has 494 valence electrons. The maximum absolute atomic E-state index is 12.3. The number of carbonyl (C=O) groups excluding carboxylic acids is 8. The highest BCUT2D eigenvalue weighted by Crippen LogP contribution is 2.36. The highest BCUT2D eigenvalue weighted by molar-refractivity contribution is 6.43. The first-order valence-corrected chi connectivity index (χ1v) is 29.8. The van der Waals surface area contributed by atoms with Gasteiger partial charge in [-0.05, 0) is 229 Å². The van der Waals surface area contributed by atoms with Gasteiger partial charge < -0.3 is 5.11 Å². The van der Waals surface area contributed by atoms with E-state index in [2.05, 4.69) is 0 Å². The van der Waals surface area contributed by atoms with E-state index in [1.807, 2.05) is 128 Å². The Hall–Kier alpha value is -8.34. The number of aromatic hydroxyl groups is 1. The third kappa shape index (κ3) is 29.4. The normalized spacial score (nSPS) is 10.2. The second-order valence-corrected chi connectivity index (χ2v) is 22.8. The zero-order valence-corrected chi connectivity index (χ0v) is 57.5. The smallest absolute Gasteiger partial charge is 0.416 e. The second-order valence-electron chi connectivity index (χ2n) is 21.2. The fraction of sp³-hybridized carbons (Fsp3) is 0.243. The van der Waals surface area contributed by atoms with Crippen LogP contribution in [-0.4, -0.2) is 51.4 Å². The maximum atomic E-state index is 12.3. The average Bonchev–Trinajstić information content (AvgIpc) is 0.902. The van der Waals surface area contributed by atoms with Crippen LogP contribution in [0, 0.1) is 55.4 Å². The number of rotatable bonds is 8. The van der Waals surface area contributed by atoms with Gasteiger partial charge in [-0.1, -0.05) is 124 Å². The predicted octanol–water partition coefficient (Wildman–Crippen LogP) is 21.9. The van der Waals surface area contributed by atoms with Crippen molar-refractivity contribution in [1.82, 2.24) is 0 Å². The Morgan fingerprint density at radius 2 is 0.753 bits per heavy atom. The number of halogens is 10. The van der Waals surface area contributed by atoms with Crippen LogP contribution >= 0.6 is 46.4 Å². The molecule has 0 atom stereocenters. The maximum Gasteiger partial charge on any atom is 0.416 e. The molecule has 0 spiro atoms. The minimum Gasteiger partial charge on any atom is -0.508 e. The minimum absolute atomic E-state index is 0.0139. The lowest BCUT2D eigenvalue weighted by Gasteiger charge is -2.12. The van der Waals surface area contributed by atoms with Crippen LogP contribution in [0.1, 0.15) is 194 Å². The van der Waals surface area contributed by atoms with Crippen LogP contribution < -0.4 is 0 Å². The van der Waals surface area contributed by atoms with E-state index in [-0.39, 0.29) is 52.3 Å². The molecule has 0 amide bonds. The predicted molar refractivity (Wildman–Crippen MR) is 361 cm³/mol. The van der Waals surface area contributed by atoms with Gasteiger partial charge in [0.15, 0.2) is 46.3 Å². The molecule has 0 fully saturated rings. The van der Waals surface area contributed by atoms with Crippen molar-refractivity contribution in [3.63, 3.8) is 0 Å². The number of hydrogen-bond donors (Lipinski definition) is 1. The second kappa shape index (κ2) is 38.6. The Balaban J connectivity index is 0.000000534. The lowest BCUT2D eigenvalue weighted by atomic mass is 10.0. The first kappa shape index (κ1) is 82.7. The molecule has 0 aliphatic rings. The first-order chi connectivity index (χ1) is 42.9. The minimum atomic E-state index is -4.93. The third-order valence-corrected chi connectivity index (χ3v) is 14.7. The van der Waals surface area contributed by atoms with Crippen molar-refractivity contribution < 1.29 is 69.8 Å². The number of Topliss-reactive ketones (excluding diaryl/α,β-unsaturated/α-hetero) is 8. The quantitative estimate of drug-likeness (QED) is 0.116. The molecule has 0 aliphatic heterocycles. The summed E-state index contributed by atoms with van der Waals surface area (Å²) in [7, 11) is 0. The van der Waals surface area contributed by atoms with E-state index in [9.17, 15) is 64.7 Å². The van der Waals surface area contributed by atoms with Crippen LogP contribution in [0.25, 0.3) is 0 Å². The molecule has 9 nitrogen and oxygen atoms in total. The summed E-state index contributed by atoms with van der Waals surface area (Å²) in [5.74, 6) is -0.219. The van der Waals surface area contributed by atoms with Gasteiger partial charge in [-0.2, -0.15) is 26.3 Å². The highest BCUT2D eigenvalue weighted by Gasteiger charge is 2.37. The number of alkyl halides is 6. The van der Waals surface area contributed by atoms with Crippen LogP contribution in [0.15, 0.2) is 152 Å². The number of carbonyl (C=O) groups is 8. The lowest BCUT2D eigenvalue weighted by molar-refractivity contribution is -0.143. The van der Waals surface area contributed by atoms with Crippen LogP contribution in [-0.2, 0) is 12.4 Å². The topological polar surface area (TPSA) is 157 Å². The average molecular weight is 1360 g/mol. The van der Waals surface area contributed by atoms with Crippen LogP contribution in [0.3, 0.4) is 0 Å². The van der Waals surface area contributed by atoms with Crippen molar-refractivity contribution in [3.05, 3.63) is 272 Å². The molecule has 0 radical (unpaired) electrons. The van der Waals surface area contributed by atoms with Crippen molar-refractivity contribution in [1.29, 1.82) is 0 Å². The Morgan fingerprint density at radius 1 is 0.323 bits per heavy atom. The van der Waals surface area contributed by atoms with E-state index < -0.39 is 34.8 Å². The summed E-state index contributed by atoms with van der Waals surface area (Å²) in [6.07, 6.45) is -9.85. The zero-order chi connectivity index (χ0) is 71.6. The summed E-state index contributed by atoms with van der Waals surface area (Å²) < 4.78 is 73.9. The molecule has 8 aromatic rings. The molecule has 8 rings (SSSR count). The Bertz CT molecular complexity index is 3790. The fourth-order valence-corrected chi connectivity index (χ4v) is 8.80. The van der Waals surface area contributed by atoms with Crippen LogP contribution in [0.2, 0.25) is 20.1 Å². The molecule has 19 heteroatoms. The monoisotopic (exact) mass is 1360 g/mol. The summed E-state index contributed by atoms with van der Waals surface area (Å²) in [5.41, 5.74) is 10.5. The van der Waals surface area contributed by atoms with Crippen molar-refractivity contribution in [2.24, 2.45) is 0 Å². The summed E-state index contributed by atoms with van der Waals surface area (Å²) >= 11 is 22.8. The molecule has 0 aromatic heterocycles. The Morgan fingerprint density at radius 3 is 1.16 bits per heavy atom. The Labute approximate surface area is 560 Å². The largest absolute Gasteiger partial charge is 0.508 e. The number of benzene rings is 8. The number of hydrogen-bond acceptors (Lipinski definition) is 9. The van der Waals surface area contributed by atoms with Gasteiger partial charge in [0, 0.05) is 49.5 Å². The van der Waals surface area contributed by atoms with E-state index in [1.165, 1.54) is 55.2 Å². The number of phenols is 1. The highest BCUT2D eigenvalue weighted by atomic mass is 35.5. The van der Waals surface area contributed by atoms with Crippen molar-refractivity contribution in [2.75, 3.05) is 0 Å². The molecule has 93 heavy (non-hydrogen) atoms. The van der Waals surface area contributed by atoms with Gasteiger partial charge in [0.25, 0.3) is 0 Å². The molecule has 0 saturated heterocycles. The van der Waals surface area contributed by atoms with Crippen LogP contribution in [0.4, 0.5) is 26.3 Å². The standard InChI is InChI=1S/C10H6F6O.4C10H12O.2C8H6Cl2O.C8H8O2/c1-5(17)6-2-7(9(11,12)13)4-8(3-6)10(14,15)16;1-7-4-5-10(9(3)11)6-8(7)2;1-7-4-5-10(9(3)11)8(2)6-7;1-7-4-5-8(2)10(6-7)9(3)11;1-7-5-4-6-10(8(7)2)9(3)11;1-5(11)7-3-2-6(9)4-8(7)10;1-5(11)6-3-2-4-7(9)8(6)10;1-6(9)7-2-4-8(10)5-3-7/h2-4H,1H3;4*4-6H,1-3H3;2*2-4H,1H3;2-5,10H,1H3. The first-order valence-electron chi connectivity index (χ1n) is 28.2. The summed E-state index contributed by atoms with van der Waals surface area (Å²) in [6, 6.07) is 40.1. The molecule has 0 heterocycles. The molecular formula is C74H74Cl4F6O9. The number of phenolic OH excluding ortho intramolecular Hbond substituents is 1. The SMILES string of the molecule is CC(=O)c1cc(C(F)(F)F)cc(C(F)(F)F)c1.CC(=O)c1cc(C)ccc1C.CC(=O)c1ccc(C)c(C)c1.CC(=O)c1ccc(C)cc1C.CC(=O)c1ccc(Cl)cc1Cl.CC(=O)c1ccc(O)cc1.CC(=O)c1cccc(C)c1C.CC(=O)c1cccc(Cl)c1Cl. The van der Waals surface area contributed by atoms with Gasteiger partial charge in [0.05, 0.1) is 26.2 Å². The molecule has 0 aliphatic carbocycles. The number of ketones is 8. The summed E-state index contributed by atoms with van der Waals surface area (Å²) in [4.78, 5) is 87.2. The molecule has 0 saturated carbocycles. The lowest BCUT2D eigenvalue weighted by Crippen LogP contribution is -2.12. The fourth-order valence-electron chi connectivity index (χ4n) is 7.82. The van der Waals surface area contributed by atoms with E-state index in [1.54, 1.807) is 76.2 Å². The van der Waals surface area contributed by atoms with Crippen molar-refractivity contribution in [3.8, 4) is 5.75 Å². The summed E-state index contributed by atoms with van der Waals surface area (Å²) in [6.45, 7) is 27.7. The molecule has 0 unspecified atom stereocenters. The van der Waals surface area contributed by atoms with Crippen LogP contribution in [0.5, 0.6) is 5.75 Å². The molecule has 1 N–H and O–H groups in total. The van der Waals surface area contributed by atoms with Gasteiger partial charge in [-0.15, -0.1) is 0 Å². The van der Waals surface area contributed by atoms with E-state index in [0.717, 1.165) is 51.4 Å². The van der Waals surface area contributed by atoms with Crippen molar-refractivity contribution in [2.45, 2.75) is 123 Å². The molecule has 0 bridgehead atoms. The molecular weight excluding hydrogens is 1290 g/mol. The zero-order valence-electron chi connectivity index (χ0n) is 54.4. The van der Waals surface area contributed by atoms with Gasteiger partial charge in [0.1, 0.15) is 5.75 Å². The van der Waals surface area contributed by atoms with Gasteiger partial charge in [-0.25, -0.2) is 0 Å². The molecule has 8 aromatic carbocycles. The van der Waals surface area contributed by atoms with Crippen molar-refractivity contribution >= 4 is 92.7 Å². The van der Waals surface area contributed by atoms with Gasteiger partial charge in [0.2, 0.25) is 0 Å². The number of aryl methyl sites for hydroxylation is 7. The summed E-state index contributed by atoms with van der Waals surface area (Å²) in [5, 5.41) is 10.5. The van der Waals surface area contributed by atoms with Gasteiger partial charge in [-0.3, -0.25) is 38.4 Å².